The first kappa shape index (κ1) is 24.2. The van der Waals surface area contributed by atoms with Crippen LogP contribution in [0.3, 0.4) is 0 Å². The number of thiazole rings is 1. The molecule has 1 aliphatic rings. The Labute approximate surface area is 212 Å². The number of piperazine rings is 1. The fourth-order valence-electron chi connectivity index (χ4n) is 4.48. The van der Waals surface area contributed by atoms with Crippen LogP contribution >= 0.6 is 11.3 Å². The number of carbonyl (C=O) groups excluding carboxylic acids is 1. The van der Waals surface area contributed by atoms with Gasteiger partial charge >= 0.3 is 0 Å². The van der Waals surface area contributed by atoms with Crippen molar-refractivity contribution in [3.63, 3.8) is 0 Å². The number of aromatic nitrogens is 2. The van der Waals surface area contributed by atoms with E-state index in [-0.39, 0.29) is 34.3 Å². The number of sulfonamides is 1. The standard InChI is InChI=1S/C24H25FN6O3S2/c1-17-15-28(20-3-5-21(6-4-20)36(33,34)31(26)24-27-9-13-35-24)11-12-30(17)23(32)16-29-10-8-18-14-19(25)2-7-22(18)29/h2-10,13-14,17H,11-12,15-16,26H2,1H3/t17-/m0/s1. The molecule has 9 nitrogen and oxygen atoms in total. The highest BCUT2D eigenvalue weighted by molar-refractivity contribution is 7.93. The average Bonchev–Trinajstić information content (AvgIpc) is 3.54. The van der Waals surface area contributed by atoms with Crippen molar-refractivity contribution in [2.45, 2.75) is 24.4 Å². The van der Waals surface area contributed by atoms with Crippen LogP contribution in [0.4, 0.5) is 15.2 Å². The fraction of sp³-hybridized carbons (Fsp3) is 0.250. The summed E-state index contributed by atoms with van der Waals surface area (Å²) in [6.45, 7) is 3.93. The summed E-state index contributed by atoms with van der Waals surface area (Å²) in [5.74, 6) is 5.50. The molecule has 3 heterocycles. The number of hydrogen-bond acceptors (Lipinski definition) is 7. The Kier molecular flexibility index (Phi) is 6.41. The molecule has 0 bridgehead atoms. The quantitative estimate of drug-likeness (QED) is 0.305. The summed E-state index contributed by atoms with van der Waals surface area (Å²) in [4.78, 5) is 21.1. The fourth-order valence-corrected chi connectivity index (χ4v) is 6.33. The Bertz CT molecular complexity index is 1490. The van der Waals surface area contributed by atoms with E-state index in [1.807, 2.05) is 16.4 Å². The molecular weight excluding hydrogens is 503 g/mol. The van der Waals surface area contributed by atoms with E-state index in [0.29, 0.717) is 24.0 Å². The van der Waals surface area contributed by atoms with Gasteiger partial charge in [0.15, 0.2) is 0 Å². The Balaban J connectivity index is 1.24. The molecule has 2 N–H and O–H groups in total. The molecule has 0 aliphatic carbocycles. The molecule has 188 valence electrons. The van der Waals surface area contributed by atoms with Crippen LogP contribution in [0.15, 0.2) is 71.2 Å². The molecule has 1 amide bonds. The number of benzene rings is 2. The van der Waals surface area contributed by atoms with Gasteiger partial charge < -0.3 is 14.4 Å². The lowest BCUT2D eigenvalue weighted by atomic mass is 10.1. The lowest BCUT2D eigenvalue weighted by Gasteiger charge is -2.41. The van der Waals surface area contributed by atoms with Gasteiger partial charge in [-0.3, -0.25) is 4.79 Å². The van der Waals surface area contributed by atoms with Gasteiger partial charge in [-0.1, -0.05) is 0 Å². The van der Waals surface area contributed by atoms with Crippen molar-refractivity contribution in [3.8, 4) is 0 Å². The van der Waals surface area contributed by atoms with Crippen LogP contribution in [-0.4, -0.2) is 54.5 Å². The summed E-state index contributed by atoms with van der Waals surface area (Å²) < 4.78 is 41.6. The summed E-state index contributed by atoms with van der Waals surface area (Å²) in [5, 5.41) is 2.60. The molecule has 2 aromatic carbocycles. The third-order valence-electron chi connectivity index (χ3n) is 6.35. The van der Waals surface area contributed by atoms with Crippen LogP contribution < -0.4 is 15.2 Å². The molecule has 0 unspecified atom stereocenters. The minimum atomic E-state index is -3.92. The number of halogens is 1. The van der Waals surface area contributed by atoms with Gasteiger partial charge in [-0.15, -0.1) is 11.3 Å². The molecule has 5 rings (SSSR count). The second-order valence-electron chi connectivity index (χ2n) is 8.64. The van der Waals surface area contributed by atoms with Crippen LogP contribution in [0.2, 0.25) is 0 Å². The van der Waals surface area contributed by atoms with Gasteiger partial charge in [0.1, 0.15) is 12.4 Å². The van der Waals surface area contributed by atoms with Crippen molar-refractivity contribution in [2.75, 3.05) is 28.9 Å². The molecule has 0 saturated carbocycles. The number of nitrogens with zero attached hydrogens (tertiary/aromatic N) is 5. The zero-order valence-electron chi connectivity index (χ0n) is 19.5. The van der Waals surface area contributed by atoms with Crippen molar-refractivity contribution in [1.82, 2.24) is 14.5 Å². The van der Waals surface area contributed by atoms with Crippen LogP contribution in [0.5, 0.6) is 0 Å². The number of hydrazine groups is 1. The topological polar surface area (TPSA) is 105 Å². The van der Waals surface area contributed by atoms with Crippen LogP contribution in [0, 0.1) is 5.82 Å². The van der Waals surface area contributed by atoms with E-state index in [2.05, 4.69) is 9.88 Å². The summed E-state index contributed by atoms with van der Waals surface area (Å²) in [6, 6.07) is 12.8. The van der Waals surface area contributed by atoms with E-state index in [4.69, 9.17) is 5.84 Å². The molecule has 1 saturated heterocycles. The minimum absolute atomic E-state index is 0.00404. The summed E-state index contributed by atoms with van der Waals surface area (Å²) >= 11 is 1.14. The van der Waals surface area contributed by atoms with E-state index in [1.54, 1.807) is 35.8 Å². The molecular formula is C24H25FN6O3S2. The van der Waals surface area contributed by atoms with E-state index >= 15 is 0 Å². The molecule has 1 fully saturated rings. The first-order chi connectivity index (χ1) is 17.2. The largest absolute Gasteiger partial charge is 0.368 e. The average molecular weight is 529 g/mol. The van der Waals surface area contributed by atoms with E-state index in [9.17, 15) is 17.6 Å². The van der Waals surface area contributed by atoms with Crippen molar-refractivity contribution >= 4 is 49.0 Å². The first-order valence-electron chi connectivity index (χ1n) is 11.3. The van der Waals surface area contributed by atoms with Gasteiger partial charge in [0.25, 0.3) is 10.0 Å². The predicted octanol–water partition coefficient (Wildman–Crippen LogP) is 3.04. The zero-order chi connectivity index (χ0) is 25.4. The highest BCUT2D eigenvalue weighted by atomic mass is 32.2. The third kappa shape index (κ3) is 4.54. The smallest absolute Gasteiger partial charge is 0.279 e. The molecule has 36 heavy (non-hydrogen) atoms. The molecule has 12 heteroatoms. The Hall–Kier alpha value is -3.48. The van der Waals surface area contributed by atoms with Crippen molar-refractivity contribution in [2.24, 2.45) is 5.84 Å². The van der Waals surface area contributed by atoms with Gasteiger partial charge in [-0.05, 0) is 55.5 Å². The first-order valence-corrected chi connectivity index (χ1v) is 13.6. The summed E-state index contributed by atoms with van der Waals surface area (Å²) in [6.07, 6.45) is 3.29. The van der Waals surface area contributed by atoms with Crippen LogP contribution in [0.1, 0.15) is 6.92 Å². The number of carbonyl (C=O) groups is 1. The normalized spacial score (nSPS) is 16.5. The van der Waals surface area contributed by atoms with Crippen molar-refractivity contribution < 1.29 is 17.6 Å². The minimum Gasteiger partial charge on any atom is -0.368 e. The maximum Gasteiger partial charge on any atom is 0.279 e. The van der Waals surface area contributed by atoms with Crippen molar-refractivity contribution in [3.05, 3.63) is 72.1 Å². The number of rotatable bonds is 6. The Morgan fingerprint density at radius 1 is 1.19 bits per heavy atom. The summed E-state index contributed by atoms with van der Waals surface area (Å²) in [5.41, 5.74) is 1.68. The highest BCUT2D eigenvalue weighted by Crippen LogP contribution is 2.26. The van der Waals surface area contributed by atoms with Crippen LogP contribution in [0.25, 0.3) is 10.9 Å². The SMILES string of the molecule is C[C@H]1CN(c2ccc(S(=O)(=O)N(N)c3nccs3)cc2)CCN1C(=O)Cn1ccc2cc(F)ccc21. The maximum atomic E-state index is 13.5. The molecule has 4 aromatic rings. The van der Waals surface area contributed by atoms with E-state index in [0.717, 1.165) is 27.9 Å². The monoisotopic (exact) mass is 528 g/mol. The summed E-state index contributed by atoms with van der Waals surface area (Å²) in [7, 11) is -3.92. The highest BCUT2D eigenvalue weighted by Gasteiger charge is 2.29. The zero-order valence-corrected chi connectivity index (χ0v) is 21.1. The number of hydrogen-bond donors (Lipinski definition) is 1. The van der Waals surface area contributed by atoms with Crippen LogP contribution in [-0.2, 0) is 21.4 Å². The van der Waals surface area contributed by atoms with Gasteiger partial charge in [0.05, 0.1) is 4.90 Å². The number of amides is 1. The molecule has 0 radical (unpaired) electrons. The van der Waals surface area contributed by atoms with E-state index in [1.165, 1.54) is 30.5 Å². The molecule has 0 spiro atoms. The van der Waals surface area contributed by atoms with Gasteiger partial charge in [0.2, 0.25) is 11.0 Å². The number of nitrogens with two attached hydrogens (primary N) is 1. The molecule has 1 aliphatic heterocycles. The van der Waals surface area contributed by atoms with E-state index < -0.39 is 10.0 Å². The maximum absolute atomic E-state index is 13.5. The van der Waals surface area contributed by atoms with Gasteiger partial charge in [0, 0.05) is 60.0 Å². The second kappa shape index (κ2) is 9.52. The number of anilines is 2. The van der Waals surface area contributed by atoms with Gasteiger partial charge in [-0.25, -0.2) is 15.2 Å². The van der Waals surface area contributed by atoms with Crippen molar-refractivity contribution in [1.29, 1.82) is 0 Å². The van der Waals surface area contributed by atoms with Gasteiger partial charge in [-0.2, -0.15) is 12.8 Å². The number of fused-ring (bicyclic) bond motifs is 1. The lowest BCUT2D eigenvalue weighted by Crippen LogP contribution is -2.54. The lowest BCUT2D eigenvalue weighted by molar-refractivity contribution is -0.134. The third-order valence-corrected chi connectivity index (χ3v) is 8.80. The molecule has 1 atom stereocenters. The Morgan fingerprint density at radius 2 is 1.97 bits per heavy atom. The second-order valence-corrected chi connectivity index (χ2v) is 11.3. The predicted molar refractivity (Wildman–Crippen MR) is 138 cm³/mol. The Morgan fingerprint density at radius 3 is 2.67 bits per heavy atom. The molecule has 2 aromatic heterocycles.